The van der Waals surface area contributed by atoms with E-state index in [4.69, 9.17) is 17.3 Å². The fraction of sp³-hybridized carbons (Fsp3) is 0.667. The molecule has 0 amide bonds. The lowest BCUT2D eigenvalue weighted by atomic mass is 10.6. The number of thiocarbonyl (C=S) groups is 1. The maximum Gasteiger partial charge on any atom is 0.323 e. The maximum atomic E-state index is 10.2. The molecule has 0 radical (unpaired) electrons. The zero-order valence-electron chi connectivity index (χ0n) is 6.63. The molecule has 0 atom stereocenters. The van der Waals surface area contributed by atoms with Gasteiger partial charge in [-0.25, -0.2) is 0 Å². The van der Waals surface area contributed by atoms with Crippen LogP contribution in [0, 0.1) is 0 Å². The summed E-state index contributed by atoms with van der Waals surface area (Å²) in [5.74, 6) is -0.882. The number of hydrogen-bond acceptors (Lipinski definition) is 2. The topological polar surface area (TPSA) is 52.6 Å². The minimum absolute atomic E-state index is 0.0637. The molecule has 2 N–H and O–H groups in total. The van der Waals surface area contributed by atoms with Gasteiger partial charge in [0.15, 0.2) is 5.11 Å². The van der Waals surface area contributed by atoms with Crippen LogP contribution in [0.2, 0.25) is 0 Å². The van der Waals surface area contributed by atoms with Crippen LogP contribution in [0.4, 0.5) is 0 Å². The Morgan fingerprint density at radius 3 is 2.64 bits per heavy atom. The summed E-state index contributed by atoms with van der Waals surface area (Å²) in [6, 6.07) is 0. The quantitative estimate of drug-likeness (QED) is 0.588. The lowest BCUT2D eigenvalue weighted by Gasteiger charge is -2.17. The van der Waals surface area contributed by atoms with Gasteiger partial charge in [0.05, 0.1) is 0 Å². The predicted molar refractivity (Wildman–Crippen MR) is 46.5 cm³/mol. The summed E-state index contributed by atoms with van der Waals surface area (Å²) in [5, 5.41) is 11.7. The van der Waals surface area contributed by atoms with Gasteiger partial charge in [-0.15, -0.1) is 0 Å². The molecular formula is C6H12N2O2S. The molecule has 0 bridgehead atoms. The average Bonchev–Trinajstić information content (AvgIpc) is 1.86. The molecule has 0 heterocycles. The van der Waals surface area contributed by atoms with E-state index < -0.39 is 5.97 Å². The molecule has 0 aliphatic rings. The Bertz CT molecular complexity index is 161. The van der Waals surface area contributed by atoms with E-state index in [-0.39, 0.29) is 6.54 Å². The third-order valence-corrected chi connectivity index (χ3v) is 1.50. The van der Waals surface area contributed by atoms with Crippen molar-refractivity contribution in [3.8, 4) is 0 Å². The number of nitrogens with one attached hydrogen (secondary N) is 1. The number of nitrogens with zero attached hydrogens (tertiary/aromatic N) is 1. The first-order chi connectivity index (χ1) is 5.07. The Hall–Kier alpha value is -0.840. The molecule has 0 rings (SSSR count). The summed E-state index contributed by atoms with van der Waals surface area (Å²) in [7, 11) is 1.64. The average molecular weight is 176 g/mol. The Balaban J connectivity index is 3.73. The van der Waals surface area contributed by atoms with Gasteiger partial charge in [0.2, 0.25) is 0 Å². The number of aliphatic carboxylic acids is 1. The molecule has 0 fully saturated rings. The summed E-state index contributed by atoms with van der Waals surface area (Å²) in [5.41, 5.74) is 0. The molecule has 0 aromatic heterocycles. The summed E-state index contributed by atoms with van der Waals surface area (Å²) < 4.78 is 0. The number of likely N-dealkylation sites (N-methyl/N-ethyl adjacent to an activating group) is 1. The van der Waals surface area contributed by atoms with Crippen molar-refractivity contribution in [2.24, 2.45) is 0 Å². The van der Waals surface area contributed by atoms with Crippen molar-refractivity contribution in [2.75, 3.05) is 20.1 Å². The minimum Gasteiger partial charge on any atom is -0.480 e. The molecule has 0 unspecified atom stereocenters. The zero-order chi connectivity index (χ0) is 8.85. The molecule has 0 saturated carbocycles. The largest absolute Gasteiger partial charge is 0.480 e. The van der Waals surface area contributed by atoms with Gasteiger partial charge in [-0.1, -0.05) is 0 Å². The van der Waals surface area contributed by atoms with E-state index >= 15 is 0 Å². The molecule has 0 aromatic rings. The second-order valence-corrected chi connectivity index (χ2v) is 2.47. The first-order valence-electron chi connectivity index (χ1n) is 3.28. The Kier molecular flexibility index (Phi) is 4.52. The molecule has 0 aromatic carbocycles. The van der Waals surface area contributed by atoms with Gasteiger partial charge in [0.25, 0.3) is 0 Å². The minimum atomic E-state index is -0.882. The van der Waals surface area contributed by atoms with Crippen molar-refractivity contribution in [3.63, 3.8) is 0 Å². The summed E-state index contributed by atoms with van der Waals surface area (Å²) in [6.07, 6.45) is 0. The molecule has 4 nitrogen and oxygen atoms in total. The van der Waals surface area contributed by atoms with Gasteiger partial charge in [-0.3, -0.25) is 4.79 Å². The maximum absolute atomic E-state index is 10.2. The highest BCUT2D eigenvalue weighted by atomic mass is 32.1. The predicted octanol–water partition coefficient (Wildman–Crippen LogP) is -0.103. The van der Waals surface area contributed by atoms with Crippen molar-refractivity contribution < 1.29 is 9.90 Å². The molecule has 0 saturated heterocycles. The van der Waals surface area contributed by atoms with Crippen molar-refractivity contribution in [2.45, 2.75) is 6.92 Å². The molecular weight excluding hydrogens is 164 g/mol. The molecule has 11 heavy (non-hydrogen) atoms. The summed E-state index contributed by atoms with van der Waals surface area (Å²) >= 11 is 4.85. The normalized spacial score (nSPS) is 8.91. The monoisotopic (exact) mass is 176 g/mol. The van der Waals surface area contributed by atoms with Gasteiger partial charge in [0, 0.05) is 13.6 Å². The Morgan fingerprint density at radius 1 is 1.73 bits per heavy atom. The van der Waals surface area contributed by atoms with E-state index in [1.165, 1.54) is 4.90 Å². The van der Waals surface area contributed by atoms with E-state index in [1.807, 2.05) is 6.92 Å². The Morgan fingerprint density at radius 2 is 2.27 bits per heavy atom. The standard InChI is InChI=1S/C6H12N2O2S/c1-3-7-6(11)8(2)4-5(9)10/h3-4H2,1-2H3,(H,7,11)(H,9,10). The highest BCUT2D eigenvalue weighted by Crippen LogP contribution is 1.83. The molecule has 5 heteroatoms. The summed E-state index contributed by atoms with van der Waals surface area (Å²) in [4.78, 5) is 11.7. The van der Waals surface area contributed by atoms with Gasteiger partial charge < -0.3 is 15.3 Å². The highest BCUT2D eigenvalue weighted by Gasteiger charge is 2.05. The van der Waals surface area contributed by atoms with Crippen LogP contribution in [-0.4, -0.2) is 41.2 Å². The smallest absolute Gasteiger partial charge is 0.323 e. The highest BCUT2D eigenvalue weighted by molar-refractivity contribution is 7.80. The fourth-order valence-electron chi connectivity index (χ4n) is 0.561. The zero-order valence-corrected chi connectivity index (χ0v) is 7.44. The van der Waals surface area contributed by atoms with Crippen molar-refractivity contribution >= 4 is 23.3 Å². The molecule has 64 valence electrons. The van der Waals surface area contributed by atoms with Gasteiger partial charge in [-0.05, 0) is 19.1 Å². The van der Waals surface area contributed by atoms with Crippen LogP contribution >= 0.6 is 12.2 Å². The molecule has 0 spiro atoms. The van der Waals surface area contributed by atoms with Gasteiger partial charge >= 0.3 is 5.97 Å². The van der Waals surface area contributed by atoms with Crippen LogP contribution in [-0.2, 0) is 4.79 Å². The van der Waals surface area contributed by atoms with Crippen molar-refractivity contribution in [1.82, 2.24) is 10.2 Å². The van der Waals surface area contributed by atoms with E-state index in [1.54, 1.807) is 7.05 Å². The fourth-order valence-corrected chi connectivity index (χ4v) is 0.770. The third-order valence-electron chi connectivity index (χ3n) is 1.05. The lowest BCUT2D eigenvalue weighted by Crippen LogP contribution is -2.39. The van der Waals surface area contributed by atoms with Crippen molar-refractivity contribution in [1.29, 1.82) is 0 Å². The second kappa shape index (κ2) is 4.90. The van der Waals surface area contributed by atoms with Gasteiger partial charge in [0.1, 0.15) is 6.54 Å². The van der Waals surface area contributed by atoms with E-state index in [9.17, 15) is 4.79 Å². The lowest BCUT2D eigenvalue weighted by molar-refractivity contribution is -0.137. The van der Waals surface area contributed by atoms with E-state index in [0.717, 1.165) is 0 Å². The Labute approximate surface area is 71.2 Å². The SMILES string of the molecule is CCNC(=S)N(C)CC(=O)O. The number of hydrogen-bond donors (Lipinski definition) is 2. The van der Waals surface area contributed by atoms with Crippen LogP contribution in [0.5, 0.6) is 0 Å². The number of rotatable bonds is 3. The number of carbonyl (C=O) groups is 1. The third kappa shape index (κ3) is 4.55. The van der Waals surface area contributed by atoms with Crippen molar-refractivity contribution in [3.05, 3.63) is 0 Å². The van der Waals surface area contributed by atoms with E-state index in [0.29, 0.717) is 11.7 Å². The first-order valence-corrected chi connectivity index (χ1v) is 3.69. The van der Waals surface area contributed by atoms with Crippen LogP contribution in [0.1, 0.15) is 6.92 Å². The van der Waals surface area contributed by atoms with Crippen LogP contribution in [0.15, 0.2) is 0 Å². The van der Waals surface area contributed by atoms with Crippen LogP contribution < -0.4 is 5.32 Å². The number of carboxylic acids is 1. The second-order valence-electron chi connectivity index (χ2n) is 2.09. The molecule has 0 aliphatic heterocycles. The van der Waals surface area contributed by atoms with Gasteiger partial charge in [-0.2, -0.15) is 0 Å². The molecule has 0 aliphatic carbocycles. The number of carboxylic acid groups (broad SMARTS) is 1. The van der Waals surface area contributed by atoms with Crippen LogP contribution in [0.25, 0.3) is 0 Å². The van der Waals surface area contributed by atoms with E-state index in [2.05, 4.69) is 5.32 Å². The summed E-state index contributed by atoms with van der Waals surface area (Å²) in [6.45, 7) is 2.55. The van der Waals surface area contributed by atoms with Crippen LogP contribution in [0.3, 0.4) is 0 Å². The first kappa shape index (κ1) is 10.2.